The number of carbonyl (C=O) groups is 1. The van der Waals surface area contributed by atoms with Crippen LogP contribution in [0.3, 0.4) is 0 Å². The van der Waals surface area contributed by atoms with Crippen molar-refractivity contribution < 1.29 is 22.7 Å². The Morgan fingerprint density at radius 1 is 1.46 bits per heavy atom. The molecule has 1 amide bonds. The first kappa shape index (κ1) is 20.5. The number of halogens is 4. The Balaban J connectivity index is 0.00000288. The largest absolute Gasteiger partial charge is 0.468 e. The highest BCUT2D eigenvalue weighted by molar-refractivity contribution is 5.95. The maximum absolute atomic E-state index is 12.3. The summed E-state index contributed by atoms with van der Waals surface area (Å²) in [6.07, 6.45) is -1.17. The number of nitrogens with one attached hydrogen (secondary N) is 2. The zero-order valence-corrected chi connectivity index (χ0v) is 14.3. The second kappa shape index (κ2) is 8.02. The van der Waals surface area contributed by atoms with E-state index in [1.165, 1.54) is 18.3 Å². The molecule has 2 N–H and O–H groups in total. The molecule has 2 rings (SSSR count). The monoisotopic (exact) mass is 367 g/mol. The number of hydrogen-bond donors (Lipinski definition) is 2. The summed E-state index contributed by atoms with van der Waals surface area (Å²) in [6, 6.07) is 2.44. The summed E-state index contributed by atoms with van der Waals surface area (Å²) < 4.78 is 40.7. The molecule has 136 valence electrons. The number of rotatable bonds is 4. The first-order valence-corrected chi connectivity index (χ1v) is 7.37. The van der Waals surface area contributed by atoms with Gasteiger partial charge in [-0.1, -0.05) is 13.8 Å². The average Bonchev–Trinajstić information content (AvgIpc) is 2.45. The summed E-state index contributed by atoms with van der Waals surface area (Å²) >= 11 is 0. The minimum atomic E-state index is -4.41. The van der Waals surface area contributed by atoms with Gasteiger partial charge in [0.1, 0.15) is 0 Å². The normalized spacial score (nSPS) is 20.0. The van der Waals surface area contributed by atoms with E-state index in [4.69, 9.17) is 0 Å². The molecule has 24 heavy (non-hydrogen) atoms. The number of anilines is 1. The molecule has 5 nitrogen and oxygen atoms in total. The van der Waals surface area contributed by atoms with Gasteiger partial charge in [-0.25, -0.2) is 4.98 Å². The summed E-state index contributed by atoms with van der Waals surface area (Å²) in [5, 5.41) is 5.92. The molecular formula is C15H21ClF3N3O2. The molecule has 1 aliphatic rings. The Kier molecular flexibility index (Phi) is 6.86. The third kappa shape index (κ3) is 5.83. The van der Waals surface area contributed by atoms with Crippen molar-refractivity contribution in [1.82, 2.24) is 10.3 Å². The van der Waals surface area contributed by atoms with Gasteiger partial charge in [0, 0.05) is 6.07 Å². The van der Waals surface area contributed by atoms with Crippen LogP contribution < -0.4 is 15.4 Å². The molecule has 1 atom stereocenters. The van der Waals surface area contributed by atoms with E-state index >= 15 is 0 Å². The number of hydrogen-bond acceptors (Lipinski definition) is 4. The molecule has 0 aliphatic carbocycles. The molecule has 0 radical (unpaired) electrons. The van der Waals surface area contributed by atoms with Gasteiger partial charge in [0.05, 0.1) is 17.9 Å². The number of carbonyl (C=O) groups excluding carboxylic acids is 1. The van der Waals surface area contributed by atoms with Crippen molar-refractivity contribution >= 4 is 24.0 Å². The van der Waals surface area contributed by atoms with Crippen LogP contribution in [0.4, 0.5) is 18.9 Å². The Bertz CT molecular complexity index is 550. The smallest absolute Gasteiger partial charge is 0.422 e. The van der Waals surface area contributed by atoms with Crippen LogP contribution in [0.5, 0.6) is 5.88 Å². The average molecular weight is 368 g/mol. The van der Waals surface area contributed by atoms with Gasteiger partial charge < -0.3 is 15.4 Å². The lowest BCUT2D eigenvalue weighted by molar-refractivity contribution is -0.154. The highest BCUT2D eigenvalue weighted by Gasteiger charge is 2.37. The minimum Gasteiger partial charge on any atom is -0.468 e. The number of aromatic nitrogens is 1. The molecule has 1 saturated heterocycles. The van der Waals surface area contributed by atoms with Gasteiger partial charge in [-0.15, -0.1) is 12.4 Å². The number of nitrogens with zero attached hydrogens (tertiary/aromatic N) is 1. The van der Waals surface area contributed by atoms with Crippen molar-refractivity contribution in [3.63, 3.8) is 0 Å². The van der Waals surface area contributed by atoms with E-state index in [0.29, 0.717) is 5.69 Å². The summed E-state index contributed by atoms with van der Waals surface area (Å²) in [6.45, 7) is 3.43. The van der Waals surface area contributed by atoms with Crippen LogP contribution in [0.1, 0.15) is 26.7 Å². The Morgan fingerprint density at radius 3 is 2.71 bits per heavy atom. The fourth-order valence-electron chi connectivity index (χ4n) is 2.57. The number of alkyl halides is 3. The lowest BCUT2D eigenvalue weighted by Crippen LogP contribution is -2.53. The Labute approximate surface area is 144 Å². The fourth-order valence-corrected chi connectivity index (χ4v) is 2.57. The third-order valence-corrected chi connectivity index (χ3v) is 3.78. The zero-order valence-electron chi connectivity index (χ0n) is 13.4. The maximum Gasteiger partial charge on any atom is 0.422 e. The topological polar surface area (TPSA) is 63.2 Å². The van der Waals surface area contributed by atoms with E-state index < -0.39 is 12.8 Å². The number of amides is 1. The van der Waals surface area contributed by atoms with Crippen LogP contribution in [0.25, 0.3) is 0 Å². The lowest BCUT2D eigenvalue weighted by atomic mass is 9.77. The number of pyridine rings is 1. The fraction of sp³-hybridized carbons (Fsp3) is 0.600. The zero-order chi connectivity index (χ0) is 17.1. The van der Waals surface area contributed by atoms with Gasteiger partial charge >= 0.3 is 6.18 Å². The van der Waals surface area contributed by atoms with Gasteiger partial charge in [0.2, 0.25) is 11.8 Å². The summed E-state index contributed by atoms with van der Waals surface area (Å²) in [7, 11) is 0. The molecule has 0 aromatic carbocycles. The summed E-state index contributed by atoms with van der Waals surface area (Å²) in [4.78, 5) is 16.1. The second-order valence-electron chi connectivity index (χ2n) is 6.26. The van der Waals surface area contributed by atoms with Crippen molar-refractivity contribution in [2.24, 2.45) is 5.41 Å². The van der Waals surface area contributed by atoms with Crippen molar-refractivity contribution in [2.75, 3.05) is 18.5 Å². The lowest BCUT2D eigenvalue weighted by Gasteiger charge is -2.38. The van der Waals surface area contributed by atoms with Crippen LogP contribution >= 0.6 is 12.4 Å². The van der Waals surface area contributed by atoms with Crippen LogP contribution in [-0.4, -0.2) is 36.3 Å². The number of ether oxygens (including phenoxy) is 1. The highest BCUT2D eigenvalue weighted by Crippen LogP contribution is 2.30. The first-order valence-electron chi connectivity index (χ1n) is 7.37. The van der Waals surface area contributed by atoms with E-state index in [2.05, 4.69) is 20.4 Å². The predicted molar refractivity (Wildman–Crippen MR) is 86.5 cm³/mol. The second-order valence-corrected chi connectivity index (χ2v) is 6.26. The summed E-state index contributed by atoms with van der Waals surface area (Å²) in [5.41, 5.74) is 0.253. The molecule has 9 heteroatoms. The molecular weight excluding hydrogens is 347 g/mol. The number of piperidine rings is 1. The Hall–Kier alpha value is -1.54. The van der Waals surface area contributed by atoms with Gasteiger partial charge in [0.15, 0.2) is 6.61 Å². The molecule has 1 fully saturated rings. The van der Waals surface area contributed by atoms with Gasteiger partial charge in [-0.2, -0.15) is 13.2 Å². The van der Waals surface area contributed by atoms with E-state index in [1.54, 1.807) is 0 Å². The Morgan fingerprint density at radius 2 is 2.17 bits per heavy atom. The van der Waals surface area contributed by atoms with Crippen LogP contribution in [0.15, 0.2) is 18.3 Å². The minimum absolute atomic E-state index is 0. The van der Waals surface area contributed by atoms with Crippen LogP contribution in [0.2, 0.25) is 0 Å². The van der Waals surface area contributed by atoms with Crippen LogP contribution in [0, 0.1) is 5.41 Å². The van der Waals surface area contributed by atoms with E-state index in [-0.39, 0.29) is 35.7 Å². The molecule has 2 heterocycles. The summed E-state index contributed by atoms with van der Waals surface area (Å²) in [5.74, 6) is -0.322. The third-order valence-electron chi connectivity index (χ3n) is 3.78. The highest BCUT2D eigenvalue weighted by atomic mass is 35.5. The first-order chi connectivity index (χ1) is 10.7. The standard InChI is InChI=1S/C15H20F3N3O2.ClH/c1-14(2)6-3-7-19-12(14)13(22)21-10-4-5-11(20-8-10)23-9-15(16,17)18;/h4-5,8,12,19H,3,6-7,9H2,1-2H3,(H,21,22);1H. The van der Waals surface area contributed by atoms with Crippen molar-refractivity contribution in [2.45, 2.75) is 38.9 Å². The molecule has 1 aliphatic heterocycles. The van der Waals surface area contributed by atoms with Crippen LogP contribution in [-0.2, 0) is 4.79 Å². The van der Waals surface area contributed by atoms with Crippen molar-refractivity contribution in [3.05, 3.63) is 18.3 Å². The SMILES string of the molecule is CC1(C)CCCNC1C(=O)Nc1ccc(OCC(F)(F)F)nc1.Cl. The molecule has 1 aromatic heterocycles. The van der Waals surface area contributed by atoms with Gasteiger partial charge in [-0.05, 0) is 30.9 Å². The van der Waals surface area contributed by atoms with Crippen molar-refractivity contribution in [1.29, 1.82) is 0 Å². The molecule has 0 saturated carbocycles. The van der Waals surface area contributed by atoms with E-state index in [1.807, 2.05) is 13.8 Å². The van der Waals surface area contributed by atoms with E-state index in [9.17, 15) is 18.0 Å². The van der Waals surface area contributed by atoms with Crippen molar-refractivity contribution in [3.8, 4) is 5.88 Å². The molecule has 1 aromatic rings. The van der Waals surface area contributed by atoms with Gasteiger partial charge in [-0.3, -0.25) is 4.79 Å². The predicted octanol–water partition coefficient (Wildman–Crippen LogP) is 3.16. The quantitative estimate of drug-likeness (QED) is 0.858. The molecule has 0 spiro atoms. The van der Waals surface area contributed by atoms with Gasteiger partial charge in [0.25, 0.3) is 0 Å². The molecule has 1 unspecified atom stereocenters. The van der Waals surface area contributed by atoms with E-state index in [0.717, 1.165) is 19.4 Å². The maximum atomic E-state index is 12.3. The molecule has 0 bridgehead atoms.